The zero-order valence-electron chi connectivity index (χ0n) is 13.3. The number of hydrogen-bond donors (Lipinski definition) is 2. The summed E-state index contributed by atoms with van der Waals surface area (Å²) in [4.78, 5) is 15.4. The van der Waals surface area contributed by atoms with Crippen LogP contribution in [0.2, 0.25) is 0 Å². The Bertz CT molecular complexity index is 748. The molecule has 6 heteroatoms. The van der Waals surface area contributed by atoms with Gasteiger partial charge in [0.1, 0.15) is 6.07 Å². The summed E-state index contributed by atoms with van der Waals surface area (Å²) in [5.74, 6) is 0. The number of nitrogens with one attached hydrogen (secondary N) is 2. The third kappa shape index (κ3) is 4.20. The number of carbonyl (C=O) groups is 1. The van der Waals surface area contributed by atoms with Crippen molar-refractivity contribution in [2.75, 3.05) is 17.7 Å². The van der Waals surface area contributed by atoms with Crippen molar-refractivity contribution in [1.82, 2.24) is 4.98 Å². The minimum atomic E-state index is -0.503. The van der Waals surface area contributed by atoms with Crippen LogP contribution in [0.4, 0.5) is 16.2 Å². The fraction of sp³-hybridized carbons (Fsp3) is 0.235. The topological polar surface area (TPSA) is 87.0 Å². The molecule has 2 aromatic rings. The summed E-state index contributed by atoms with van der Waals surface area (Å²) >= 11 is 0. The van der Waals surface area contributed by atoms with Crippen LogP contribution in [0.25, 0.3) is 0 Å². The molecule has 1 heterocycles. The molecular weight excluding hydrogens is 292 g/mol. The Balaban J connectivity index is 2.07. The second-order valence-corrected chi connectivity index (χ2v) is 5.05. The highest BCUT2D eigenvalue weighted by Crippen LogP contribution is 2.20. The molecule has 0 bridgehead atoms. The lowest BCUT2D eigenvalue weighted by molar-refractivity contribution is 0.187. The Morgan fingerprint density at radius 3 is 2.61 bits per heavy atom. The number of aryl methyl sites for hydroxylation is 2. The van der Waals surface area contributed by atoms with E-state index in [0.717, 1.165) is 16.9 Å². The Labute approximate surface area is 135 Å². The molecule has 6 nitrogen and oxygen atoms in total. The number of benzene rings is 1. The number of ether oxygens (including phenoxy) is 1. The van der Waals surface area contributed by atoms with Crippen LogP contribution in [0.5, 0.6) is 0 Å². The third-order valence-corrected chi connectivity index (χ3v) is 3.31. The van der Waals surface area contributed by atoms with Crippen LogP contribution >= 0.6 is 0 Å². The summed E-state index contributed by atoms with van der Waals surface area (Å²) in [6.45, 7) is 4.28. The summed E-state index contributed by atoms with van der Waals surface area (Å²) in [6, 6.07) is 11.4. The number of methoxy groups -OCH3 is 1. The summed E-state index contributed by atoms with van der Waals surface area (Å²) in [7, 11) is 1.32. The van der Waals surface area contributed by atoms with E-state index in [-0.39, 0.29) is 0 Å². The fourth-order valence-corrected chi connectivity index (χ4v) is 2.18. The van der Waals surface area contributed by atoms with Crippen LogP contribution < -0.4 is 10.6 Å². The van der Waals surface area contributed by atoms with E-state index >= 15 is 0 Å². The van der Waals surface area contributed by atoms with Gasteiger partial charge in [-0.1, -0.05) is 12.1 Å². The number of nitrogens with zero attached hydrogens (tertiary/aromatic N) is 2. The van der Waals surface area contributed by atoms with Crippen LogP contribution in [0.15, 0.2) is 30.3 Å². The zero-order chi connectivity index (χ0) is 16.8. The highest BCUT2D eigenvalue weighted by Gasteiger charge is 2.08. The van der Waals surface area contributed by atoms with Gasteiger partial charge < -0.3 is 10.1 Å². The van der Waals surface area contributed by atoms with Crippen molar-refractivity contribution in [3.05, 3.63) is 52.8 Å². The molecule has 0 fully saturated rings. The van der Waals surface area contributed by atoms with Crippen molar-refractivity contribution >= 4 is 17.5 Å². The number of nitriles is 1. The Kier molecular flexibility index (Phi) is 5.15. The lowest BCUT2D eigenvalue weighted by atomic mass is 10.1. The number of anilines is 2. The van der Waals surface area contributed by atoms with Gasteiger partial charge in [0.25, 0.3) is 0 Å². The largest absolute Gasteiger partial charge is 0.453 e. The molecule has 118 valence electrons. The number of pyridine rings is 1. The third-order valence-electron chi connectivity index (χ3n) is 3.31. The first kappa shape index (κ1) is 16.3. The maximum Gasteiger partial charge on any atom is 0.411 e. The zero-order valence-corrected chi connectivity index (χ0v) is 13.3. The van der Waals surface area contributed by atoms with Gasteiger partial charge in [-0.05, 0) is 37.6 Å². The smallest absolute Gasteiger partial charge is 0.411 e. The van der Waals surface area contributed by atoms with Crippen molar-refractivity contribution < 1.29 is 9.53 Å². The molecule has 2 N–H and O–H groups in total. The number of hydrogen-bond acceptors (Lipinski definition) is 5. The van der Waals surface area contributed by atoms with E-state index < -0.39 is 6.09 Å². The Hall–Kier alpha value is -3.07. The van der Waals surface area contributed by atoms with Crippen LogP contribution in [0.3, 0.4) is 0 Å². The molecule has 1 aromatic heterocycles. The quantitative estimate of drug-likeness (QED) is 0.904. The molecule has 23 heavy (non-hydrogen) atoms. The predicted octanol–water partition coefficient (Wildman–Crippen LogP) is 3.36. The molecule has 0 aliphatic rings. The molecule has 0 unspecified atom stereocenters. The molecule has 1 amide bonds. The minimum absolute atomic E-state index is 0.503. The lowest BCUT2D eigenvalue weighted by Gasteiger charge is -2.11. The summed E-state index contributed by atoms with van der Waals surface area (Å²) in [5, 5.41) is 15.1. The Morgan fingerprint density at radius 2 is 2.00 bits per heavy atom. The van der Waals surface area contributed by atoms with E-state index in [1.54, 1.807) is 12.1 Å². The van der Waals surface area contributed by atoms with Gasteiger partial charge in [-0.3, -0.25) is 10.3 Å². The number of rotatable bonds is 4. The lowest BCUT2D eigenvalue weighted by Crippen LogP contribution is -2.11. The Morgan fingerprint density at radius 1 is 1.30 bits per heavy atom. The molecule has 0 atom stereocenters. The van der Waals surface area contributed by atoms with E-state index in [1.165, 1.54) is 7.11 Å². The first-order valence-electron chi connectivity index (χ1n) is 7.09. The summed E-state index contributed by atoms with van der Waals surface area (Å²) in [5.41, 5.74) is 4.59. The molecule has 0 radical (unpaired) electrons. The number of carbonyl (C=O) groups excluding carboxylic acids is 1. The van der Waals surface area contributed by atoms with E-state index in [1.807, 2.05) is 32.0 Å². The van der Waals surface area contributed by atoms with Gasteiger partial charge in [-0.15, -0.1) is 0 Å². The molecular formula is C17H18N4O2. The first-order chi connectivity index (χ1) is 11.0. The van der Waals surface area contributed by atoms with Crippen molar-refractivity contribution in [3.63, 3.8) is 0 Å². The second-order valence-electron chi connectivity index (χ2n) is 5.05. The van der Waals surface area contributed by atoms with Crippen LogP contribution in [0.1, 0.15) is 22.5 Å². The highest BCUT2D eigenvalue weighted by atomic mass is 16.5. The molecule has 0 aliphatic carbocycles. The van der Waals surface area contributed by atoms with Gasteiger partial charge in [0.05, 0.1) is 24.1 Å². The summed E-state index contributed by atoms with van der Waals surface area (Å²) in [6.07, 6.45) is -0.503. The maximum absolute atomic E-state index is 11.1. The van der Waals surface area contributed by atoms with E-state index in [9.17, 15) is 10.1 Å². The van der Waals surface area contributed by atoms with Crippen molar-refractivity contribution in [2.45, 2.75) is 20.4 Å². The molecule has 1 aromatic carbocycles. The average molecular weight is 310 g/mol. The van der Waals surface area contributed by atoms with Crippen LogP contribution in [-0.2, 0) is 11.3 Å². The van der Waals surface area contributed by atoms with Crippen molar-refractivity contribution in [3.8, 4) is 6.07 Å². The van der Waals surface area contributed by atoms with Crippen molar-refractivity contribution in [2.24, 2.45) is 0 Å². The molecule has 0 saturated heterocycles. The number of aromatic nitrogens is 1. The van der Waals surface area contributed by atoms with Gasteiger partial charge in [-0.2, -0.15) is 5.26 Å². The van der Waals surface area contributed by atoms with Crippen molar-refractivity contribution in [1.29, 1.82) is 5.26 Å². The summed E-state index contributed by atoms with van der Waals surface area (Å²) < 4.78 is 4.54. The molecule has 2 rings (SSSR count). The maximum atomic E-state index is 11.1. The predicted molar refractivity (Wildman–Crippen MR) is 88.2 cm³/mol. The fourth-order valence-electron chi connectivity index (χ4n) is 2.18. The SMILES string of the molecule is COC(=O)Nc1ccc(CNc2cc(C)nc(C)c2C#N)cc1. The molecule has 0 saturated carbocycles. The minimum Gasteiger partial charge on any atom is -0.453 e. The van der Waals surface area contributed by atoms with Crippen LogP contribution in [0, 0.1) is 25.2 Å². The standard InChI is InChI=1S/C17H18N4O2/c1-11-8-16(15(9-18)12(2)20-11)19-10-13-4-6-14(7-5-13)21-17(22)23-3/h4-8H,10H2,1-3H3,(H,19,20)(H,21,22). The van der Waals surface area contributed by atoms with Gasteiger partial charge >= 0.3 is 6.09 Å². The van der Waals surface area contributed by atoms with E-state index in [4.69, 9.17) is 0 Å². The van der Waals surface area contributed by atoms with Gasteiger partial charge in [-0.25, -0.2) is 4.79 Å². The van der Waals surface area contributed by atoms with Crippen LogP contribution in [-0.4, -0.2) is 18.2 Å². The molecule has 0 spiro atoms. The first-order valence-corrected chi connectivity index (χ1v) is 7.09. The van der Waals surface area contributed by atoms with E-state index in [0.29, 0.717) is 23.5 Å². The average Bonchev–Trinajstić information content (AvgIpc) is 2.53. The highest BCUT2D eigenvalue weighted by molar-refractivity contribution is 5.84. The van der Waals surface area contributed by atoms with Gasteiger partial charge in [0, 0.05) is 17.9 Å². The molecule has 0 aliphatic heterocycles. The normalized spacial score (nSPS) is 9.83. The van der Waals surface area contributed by atoms with Gasteiger partial charge in [0.15, 0.2) is 0 Å². The monoisotopic (exact) mass is 310 g/mol. The number of amides is 1. The van der Waals surface area contributed by atoms with E-state index in [2.05, 4.69) is 26.4 Å². The van der Waals surface area contributed by atoms with Gasteiger partial charge in [0.2, 0.25) is 0 Å². The second kappa shape index (κ2) is 7.27.